The van der Waals surface area contributed by atoms with Crippen molar-refractivity contribution in [3.05, 3.63) is 47.9 Å². The van der Waals surface area contributed by atoms with Crippen molar-refractivity contribution >= 4 is 17.5 Å². The summed E-state index contributed by atoms with van der Waals surface area (Å²) in [7, 11) is 0. The van der Waals surface area contributed by atoms with Crippen LogP contribution in [0.1, 0.15) is 81.9 Å². The van der Waals surface area contributed by atoms with Gasteiger partial charge in [-0.05, 0) is 100 Å². The van der Waals surface area contributed by atoms with Crippen LogP contribution < -0.4 is 10.6 Å². The van der Waals surface area contributed by atoms with Gasteiger partial charge >= 0.3 is 0 Å². The Labute approximate surface area is 232 Å². The second-order valence-corrected chi connectivity index (χ2v) is 13.5. The zero-order chi connectivity index (χ0) is 27.3. The van der Waals surface area contributed by atoms with Gasteiger partial charge in [-0.15, -0.1) is 0 Å². The molecule has 2 amide bonds. The minimum absolute atomic E-state index is 0.0436. The van der Waals surface area contributed by atoms with Gasteiger partial charge in [0.15, 0.2) is 0 Å². The van der Waals surface area contributed by atoms with Gasteiger partial charge < -0.3 is 15.5 Å². The Morgan fingerprint density at radius 1 is 1.23 bits per heavy atom. The lowest BCUT2D eigenvalue weighted by atomic mass is 9.53. The minimum atomic E-state index is -0.0436. The fourth-order valence-electron chi connectivity index (χ4n) is 8.52. The highest BCUT2D eigenvalue weighted by Crippen LogP contribution is 2.66. The quantitative estimate of drug-likeness (QED) is 0.488. The maximum absolute atomic E-state index is 13.4. The van der Waals surface area contributed by atoms with Crippen molar-refractivity contribution in [2.24, 2.45) is 29.1 Å². The zero-order valence-corrected chi connectivity index (χ0v) is 23.9. The van der Waals surface area contributed by atoms with E-state index in [1.165, 1.54) is 32.1 Å². The lowest BCUT2D eigenvalue weighted by molar-refractivity contribution is -0.131. The molecule has 1 saturated heterocycles. The van der Waals surface area contributed by atoms with E-state index < -0.39 is 0 Å². The number of carbonyl (C=O) groups is 2. The Balaban J connectivity index is 1.09. The predicted octanol–water partition coefficient (Wildman–Crippen LogP) is 4.61. The second kappa shape index (κ2) is 10.4. The van der Waals surface area contributed by atoms with E-state index in [0.29, 0.717) is 29.0 Å². The van der Waals surface area contributed by atoms with Crippen LogP contribution in [-0.2, 0) is 11.2 Å². The van der Waals surface area contributed by atoms with E-state index in [-0.39, 0.29) is 30.3 Å². The number of rotatable bonds is 8. The van der Waals surface area contributed by atoms with E-state index in [4.69, 9.17) is 4.98 Å². The molecule has 2 aromatic rings. The lowest BCUT2D eigenvalue weighted by Gasteiger charge is -2.53. The number of amides is 2. The third kappa shape index (κ3) is 5.15. The van der Waals surface area contributed by atoms with Crippen molar-refractivity contribution in [1.82, 2.24) is 24.9 Å². The number of likely N-dealkylation sites (tertiary alicyclic amines) is 1. The molecule has 2 aromatic heterocycles. The van der Waals surface area contributed by atoms with Crippen LogP contribution in [0.4, 0.5) is 0 Å². The van der Waals surface area contributed by atoms with Gasteiger partial charge in [0, 0.05) is 37.9 Å². The van der Waals surface area contributed by atoms with Crippen molar-refractivity contribution in [3.63, 3.8) is 0 Å². The molecule has 2 N–H and O–H groups in total. The summed E-state index contributed by atoms with van der Waals surface area (Å²) in [4.78, 5) is 33.3. The van der Waals surface area contributed by atoms with Crippen molar-refractivity contribution in [2.45, 2.75) is 84.2 Å². The molecule has 4 aliphatic rings. The standard InChI is InChI=1S/C32H45N5O2/c1-20(2)22(4)34-25-7-6-10-36(17-25)30(38)14-26-18-37-28(8-5-9-29(37)35-26)31(39)33-19-32-15-23-11-21(3)12-24(16-32)27(32)13-23/h5,8-9,18,21-25,27,34H,1,6-7,10-17,19H2,2-4H3,(H,33,39)/t21?,22?,23?,24?,25-,27?,32?/m1/s1. The van der Waals surface area contributed by atoms with Crippen molar-refractivity contribution < 1.29 is 9.59 Å². The van der Waals surface area contributed by atoms with Crippen LogP contribution in [0.25, 0.3) is 5.65 Å². The van der Waals surface area contributed by atoms with Crippen molar-refractivity contribution in [3.8, 4) is 0 Å². The van der Waals surface area contributed by atoms with Crippen LogP contribution in [0, 0.1) is 29.1 Å². The molecule has 0 aromatic carbocycles. The van der Waals surface area contributed by atoms with Gasteiger partial charge in [-0.3, -0.25) is 14.0 Å². The molecular weight excluding hydrogens is 486 g/mol. The number of nitrogens with zero attached hydrogens (tertiary/aromatic N) is 3. The molecule has 210 valence electrons. The summed E-state index contributed by atoms with van der Waals surface area (Å²) in [6.45, 7) is 12.9. The number of hydrogen-bond donors (Lipinski definition) is 2. The summed E-state index contributed by atoms with van der Waals surface area (Å²) in [5.41, 5.74) is 3.43. The fraction of sp³-hybridized carbons (Fsp3) is 0.656. The fourth-order valence-corrected chi connectivity index (χ4v) is 8.52. The highest BCUT2D eigenvalue weighted by atomic mass is 16.2. The zero-order valence-electron chi connectivity index (χ0n) is 23.9. The number of nitrogens with one attached hydrogen (secondary N) is 2. The summed E-state index contributed by atoms with van der Waals surface area (Å²) in [5, 5.41) is 6.92. The number of aromatic nitrogens is 2. The average Bonchev–Trinajstić information content (AvgIpc) is 3.38. The molecule has 7 nitrogen and oxygen atoms in total. The number of carbonyl (C=O) groups excluding carboxylic acids is 2. The summed E-state index contributed by atoms with van der Waals surface area (Å²) in [6, 6.07) is 6.17. The van der Waals surface area contributed by atoms with Crippen molar-refractivity contribution in [2.75, 3.05) is 19.6 Å². The van der Waals surface area contributed by atoms with Crippen molar-refractivity contribution in [1.29, 1.82) is 0 Å². The molecule has 3 saturated carbocycles. The van der Waals surface area contributed by atoms with Crippen LogP contribution in [-0.4, -0.2) is 57.8 Å². The smallest absolute Gasteiger partial charge is 0.268 e. The first-order chi connectivity index (χ1) is 18.7. The first-order valence-corrected chi connectivity index (χ1v) is 15.1. The highest BCUT2D eigenvalue weighted by molar-refractivity contribution is 5.93. The lowest BCUT2D eigenvalue weighted by Crippen LogP contribution is -2.52. The van der Waals surface area contributed by atoms with Crippen LogP contribution in [0.5, 0.6) is 0 Å². The number of imidazole rings is 1. The maximum atomic E-state index is 13.4. The van der Waals surface area contributed by atoms with E-state index >= 15 is 0 Å². The van der Waals surface area contributed by atoms with Crippen LogP contribution in [0.3, 0.4) is 0 Å². The Bertz CT molecular complexity index is 1260. The van der Waals surface area contributed by atoms with Gasteiger partial charge in [0.25, 0.3) is 5.91 Å². The molecule has 6 rings (SSSR count). The Hall–Kier alpha value is -2.67. The Kier molecular flexibility index (Phi) is 7.07. The summed E-state index contributed by atoms with van der Waals surface area (Å²) < 4.78 is 1.86. The Morgan fingerprint density at radius 3 is 2.90 bits per heavy atom. The predicted molar refractivity (Wildman–Crippen MR) is 153 cm³/mol. The normalized spacial score (nSPS) is 32.4. The average molecular weight is 532 g/mol. The summed E-state index contributed by atoms with van der Waals surface area (Å²) in [5.74, 6) is 3.40. The molecule has 0 radical (unpaired) electrons. The topological polar surface area (TPSA) is 78.7 Å². The van der Waals surface area contributed by atoms with Gasteiger partial charge in [0.05, 0.1) is 12.1 Å². The number of fused-ring (bicyclic) bond motifs is 2. The summed E-state index contributed by atoms with van der Waals surface area (Å²) >= 11 is 0. The third-order valence-electron chi connectivity index (χ3n) is 10.5. The first kappa shape index (κ1) is 26.5. The maximum Gasteiger partial charge on any atom is 0.268 e. The van der Waals surface area contributed by atoms with E-state index in [0.717, 1.165) is 55.2 Å². The molecule has 6 unspecified atom stereocenters. The van der Waals surface area contributed by atoms with Crippen LogP contribution >= 0.6 is 0 Å². The SMILES string of the molecule is C=C(C)C(C)N[C@@H]1CCCN(C(=O)Cc2cn3c(C(=O)NCC45CC6CC(C)CC(C4)C5C6)cccc3n2)C1. The highest BCUT2D eigenvalue weighted by Gasteiger charge is 2.60. The summed E-state index contributed by atoms with van der Waals surface area (Å²) in [6.07, 6.45) is 10.8. The molecule has 0 spiro atoms. The largest absolute Gasteiger partial charge is 0.350 e. The third-order valence-corrected chi connectivity index (χ3v) is 10.5. The molecule has 7 heteroatoms. The van der Waals surface area contributed by atoms with Gasteiger partial charge in [-0.25, -0.2) is 4.98 Å². The monoisotopic (exact) mass is 531 g/mol. The minimum Gasteiger partial charge on any atom is -0.350 e. The molecule has 2 bridgehead atoms. The van der Waals surface area contributed by atoms with Gasteiger partial charge in [-0.2, -0.15) is 0 Å². The Morgan fingerprint density at radius 2 is 2.08 bits per heavy atom. The van der Waals surface area contributed by atoms with Crippen LogP contribution in [0.15, 0.2) is 36.5 Å². The van der Waals surface area contributed by atoms with E-state index in [1.807, 2.05) is 40.6 Å². The molecule has 3 heterocycles. The van der Waals surface area contributed by atoms with Crippen LogP contribution in [0.2, 0.25) is 0 Å². The van der Waals surface area contributed by atoms with Gasteiger partial charge in [0.2, 0.25) is 5.91 Å². The first-order valence-electron chi connectivity index (χ1n) is 15.1. The van der Waals surface area contributed by atoms with Gasteiger partial charge in [0.1, 0.15) is 11.3 Å². The van der Waals surface area contributed by atoms with Gasteiger partial charge in [-0.1, -0.05) is 25.1 Å². The number of piperidine rings is 1. The molecule has 4 fully saturated rings. The molecular formula is C32H45N5O2. The van der Waals surface area contributed by atoms with E-state index in [9.17, 15) is 9.59 Å². The molecule has 39 heavy (non-hydrogen) atoms. The van der Waals surface area contributed by atoms with E-state index in [1.54, 1.807) is 0 Å². The second-order valence-electron chi connectivity index (χ2n) is 13.5. The van der Waals surface area contributed by atoms with E-state index in [2.05, 4.69) is 31.1 Å². The molecule has 1 aliphatic heterocycles. The number of hydrogen-bond acceptors (Lipinski definition) is 4. The molecule has 3 aliphatic carbocycles. The number of pyridine rings is 1. The molecule has 7 atom stereocenters.